The van der Waals surface area contributed by atoms with Gasteiger partial charge < -0.3 is 24.0 Å². The van der Waals surface area contributed by atoms with Crippen LogP contribution in [-0.4, -0.2) is 70.8 Å². The maximum Gasteiger partial charge on any atom is 0.253 e. The second kappa shape index (κ2) is 12.6. The van der Waals surface area contributed by atoms with Crippen molar-refractivity contribution in [2.75, 3.05) is 55.1 Å². The van der Waals surface area contributed by atoms with Gasteiger partial charge in [-0.15, -0.1) is 0 Å². The van der Waals surface area contributed by atoms with E-state index in [1.165, 1.54) is 30.9 Å². The molecule has 0 saturated heterocycles. The Labute approximate surface area is 208 Å². The highest BCUT2D eigenvalue weighted by Crippen LogP contribution is 2.38. The van der Waals surface area contributed by atoms with Gasteiger partial charge in [-0.1, -0.05) is 66.7 Å². The van der Waals surface area contributed by atoms with Gasteiger partial charge in [-0.3, -0.25) is 4.79 Å². The lowest BCUT2D eigenvalue weighted by Gasteiger charge is -2.22. The van der Waals surface area contributed by atoms with Gasteiger partial charge in [-0.05, 0) is 35.9 Å². The zero-order valence-corrected chi connectivity index (χ0v) is 21.2. The SMILES string of the molecule is COc1cc(C(=O)N(C)CCN(C)CC=C(c2ccccc2)c2ccccc2)cc(OC)c1OC. The number of amides is 1. The van der Waals surface area contributed by atoms with Crippen LogP contribution in [0.25, 0.3) is 5.57 Å². The van der Waals surface area contributed by atoms with Gasteiger partial charge in [0, 0.05) is 32.2 Å². The molecule has 6 heteroatoms. The van der Waals surface area contributed by atoms with Crippen LogP contribution in [0.5, 0.6) is 17.2 Å². The quantitative estimate of drug-likeness (QED) is 0.398. The van der Waals surface area contributed by atoms with Crippen molar-refractivity contribution in [1.82, 2.24) is 9.80 Å². The van der Waals surface area contributed by atoms with Gasteiger partial charge in [0.25, 0.3) is 5.91 Å². The molecular weight excluding hydrogens is 440 g/mol. The van der Waals surface area contributed by atoms with E-state index >= 15 is 0 Å². The maximum atomic E-state index is 13.1. The van der Waals surface area contributed by atoms with Gasteiger partial charge in [-0.2, -0.15) is 0 Å². The minimum Gasteiger partial charge on any atom is -0.493 e. The molecule has 1 amide bonds. The van der Waals surface area contributed by atoms with Crippen LogP contribution >= 0.6 is 0 Å². The van der Waals surface area contributed by atoms with E-state index in [0.717, 1.165) is 13.1 Å². The van der Waals surface area contributed by atoms with Gasteiger partial charge >= 0.3 is 0 Å². The van der Waals surface area contributed by atoms with Gasteiger partial charge in [0.05, 0.1) is 21.3 Å². The van der Waals surface area contributed by atoms with E-state index in [1.807, 2.05) is 12.1 Å². The topological polar surface area (TPSA) is 51.2 Å². The smallest absolute Gasteiger partial charge is 0.253 e. The number of nitrogens with zero attached hydrogens (tertiary/aromatic N) is 2. The molecule has 0 aliphatic heterocycles. The zero-order chi connectivity index (χ0) is 25.2. The van der Waals surface area contributed by atoms with Crippen LogP contribution in [-0.2, 0) is 0 Å². The minimum absolute atomic E-state index is 0.109. The van der Waals surface area contributed by atoms with Crippen molar-refractivity contribution < 1.29 is 19.0 Å². The van der Waals surface area contributed by atoms with Gasteiger partial charge in [-0.25, -0.2) is 0 Å². The molecule has 0 aliphatic carbocycles. The molecule has 0 bridgehead atoms. The van der Waals surface area contributed by atoms with E-state index in [2.05, 4.69) is 66.6 Å². The Hall–Kier alpha value is -3.77. The first-order valence-electron chi connectivity index (χ1n) is 11.5. The second-order valence-corrected chi connectivity index (χ2v) is 8.25. The molecule has 6 nitrogen and oxygen atoms in total. The predicted molar refractivity (Wildman–Crippen MR) is 141 cm³/mol. The number of benzene rings is 3. The van der Waals surface area contributed by atoms with Crippen molar-refractivity contribution in [3.05, 3.63) is 95.6 Å². The second-order valence-electron chi connectivity index (χ2n) is 8.25. The summed E-state index contributed by atoms with van der Waals surface area (Å²) in [5.74, 6) is 1.27. The average Bonchev–Trinajstić information content (AvgIpc) is 2.91. The number of hydrogen-bond donors (Lipinski definition) is 0. The van der Waals surface area contributed by atoms with E-state index in [9.17, 15) is 4.79 Å². The van der Waals surface area contributed by atoms with E-state index in [-0.39, 0.29) is 5.91 Å². The third-order valence-electron chi connectivity index (χ3n) is 5.85. The lowest BCUT2D eigenvalue weighted by atomic mass is 9.97. The molecule has 0 heterocycles. The molecule has 0 radical (unpaired) electrons. The van der Waals surface area contributed by atoms with Crippen molar-refractivity contribution in [2.45, 2.75) is 0 Å². The molecule has 3 rings (SSSR count). The standard InChI is InChI=1S/C29H34N2O4/c1-30(17-16-25(22-12-8-6-9-13-22)23-14-10-7-11-15-23)18-19-31(2)29(32)24-20-26(33-3)28(35-5)27(21-24)34-4/h6-16,20-21H,17-19H2,1-5H3. The summed E-state index contributed by atoms with van der Waals surface area (Å²) in [4.78, 5) is 17.0. The summed E-state index contributed by atoms with van der Waals surface area (Å²) in [5.41, 5.74) is 4.04. The highest BCUT2D eigenvalue weighted by molar-refractivity contribution is 5.95. The Bertz CT molecular complexity index is 1060. The van der Waals surface area contributed by atoms with Gasteiger partial charge in [0.2, 0.25) is 5.75 Å². The highest BCUT2D eigenvalue weighted by atomic mass is 16.5. The molecule has 0 unspecified atom stereocenters. The third kappa shape index (κ3) is 6.64. The number of carbonyl (C=O) groups is 1. The van der Waals surface area contributed by atoms with Crippen molar-refractivity contribution in [3.63, 3.8) is 0 Å². The van der Waals surface area contributed by atoms with Crippen LogP contribution in [0.15, 0.2) is 78.9 Å². The lowest BCUT2D eigenvalue weighted by molar-refractivity contribution is 0.0783. The molecule has 0 spiro atoms. The normalized spacial score (nSPS) is 10.6. The van der Waals surface area contributed by atoms with Crippen LogP contribution in [0.4, 0.5) is 0 Å². The Kier molecular flexibility index (Phi) is 9.32. The van der Waals surface area contributed by atoms with Crippen molar-refractivity contribution >= 4 is 11.5 Å². The molecule has 0 aromatic heterocycles. The summed E-state index contributed by atoms with van der Waals surface area (Å²) >= 11 is 0. The Morgan fingerprint density at radius 3 is 1.71 bits per heavy atom. The fourth-order valence-corrected chi connectivity index (χ4v) is 3.82. The average molecular weight is 475 g/mol. The van der Waals surface area contributed by atoms with Crippen molar-refractivity contribution in [2.24, 2.45) is 0 Å². The highest BCUT2D eigenvalue weighted by Gasteiger charge is 2.19. The van der Waals surface area contributed by atoms with Crippen LogP contribution < -0.4 is 14.2 Å². The lowest BCUT2D eigenvalue weighted by Crippen LogP contribution is -2.35. The predicted octanol–water partition coefficient (Wildman–Crippen LogP) is 4.85. The number of likely N-dealkylation sites (N-methyl/N-ethyl adjacent to an activating group) is 2. The van der Waals surface area contributed by atoms with Gasteiger partial charge in [0.15, 0.2) is 11.5 Å². The molecule has 3 aromatic carbocycles. The Morgan fingerprint density at radius 2 is 1.26 bits per heavy atom. The van der Waals surface area contributed by atoms with E-state index in [1.54, 1.807) is 31.2 Å². The summed E-state index contributed by atoms with van der Waals surface area (Å²) < 4.78 is 16.1. The number of hydrogen-bond acceptors (Lipinski definition) is 5. The first-order chi connectivity index (χ1) is 17.0. The first kappa shape index (κ1) is 25.8. The molecule has 0 atom stereocenters. The number of ether oxygens (including phenoxy) is 3. The molecule has 0 aliphatic rings. The zero-order valence-electron chi connectivity index (χ0n) is 21.2. The first-order valence-corrected chi connectivity index (χ1v) is 11.5. The maximum absolute atomic E-state index is 13.1. The number of carbonyl (C=O) groups excluding carboxylic acids is 1. The largest absolute Gasteiger partial charge is 0.493 e. The van der Waals surface area contributed by atoms with Crippen LogP contribution in [0.3, 0.4) is 0 Å². The summed E-state index contributed by atoms with van der Waals surface area (Å²) in [6.45, 7) is 2.05. The summed E-state index contributed by atoms with van der Waals surface area (Å²) in [5, 5.41) is 0. The van der Waals surface area contributed by atoms with Crippen LogP contribution in [0.1, 0.15) is 21.5 Å². The summed E-state index contributed by atoms with van der Waals surface area (Å²) in [7, 11) is 8.48. The Balaban J connectivity index is 1.67. The van der Waals surface area contributed by atoms with Crippen molar-refractivity contribution in [1.29, 1.82) is 0 Å². The monoisotopic (exact) mass is 474 g/mol. The van der Waals surface area contributed by atoms with Crippen LogP contribution in [0.2, 0.25) is 0 Å². The summed E-state index contributed by atoms with van der Waals surface area (Å²) in [6, 6.07) is 24.1. The third-order valence-corrected chi connectivity index (χ3v) is 5.85. The Morgan fingerprint density at radius 1 is 0.743 bits per heavy atom. The van der Waals surface area contributed by atoms with E-state index in [0.29, 0.717) is 29.4 Å². The fourth-order valence-electron chi connectivity index (χ4n) is 3.82. The molecule has 0 saturated carbocycles. The number of rotatable bonds is 11. The van der Waals surface area contributed by atoms with Crippen LogP contribution in [0, 0.1) is 0 Å². The number of methoxy groups -OCH3 is 3. The van der Waals surface area contributed by atoms with E-state index < -0.39 is 0 Å². The molecule has 35 heavy (non-hydrogen) atoms. The molecule has 0 N–H and O–H groups in total. The van der Waals surface area contributed by atoms with Gasteiger partial charge in [0.1, 0.15) is 0 Å². The van der Waals surface area contributed by atoms with E-state index in [4.69, 9.17) is 14.2 Å². The fraction of sp³-hybridized carbons (Fsp3) is 0.276. The minimum atomic E-state index is -0.109. The molecule has 0 fully saturated rings. The summed E-state index contributed by atoms with van der Waals surface area (Å²) in [6.07, 6.45) is 2.24. The molecule has 184 valence electrons. The molecule has 3 aromatic rings. The van der Waals surface area contributed by atoms with Crippen molar-refractivity contribution in [3.8, 4) is 17.2 Å². The molecular formula is C29H34N2O4.